The van der Waals surface area contributed by atoms with Crippen molar-refractivity contribution in [3.8, 4) is 11.4 Å². The Morgan fingerprint density at radius 2 is 2.04 bits per heavy atom. The van der Waals surface area contributed by atoms with Crippen LogP contribution in [0.4, 0.5) is 0 Å². The molecular weight excluding hydrogens is 318 g/mol. The van der Waals surface area contributed by atoms with Gasteiger partial charge >= 0.3 is 5.97 Å². The SMILES string of the molecule is Cc1cc(C(=O)OCc2nc(-c3ccccc3)no2)c(C)n1C1CC1. The predicted octanol–water partition coefficient (Wildman–Crippen LogP) is 3.85. The lowest BCUT2D eigenvalue weighted by atomic mass is 10.2. The first-order valence-electron chi connectivity index (χ1n) is 8.37. The Hall–Kier alpha value is -2.89. The minimum absolute atomic E-state index is 0.0359. The first-order chi connectivity index (χ1) is 12.1. The van der Waals surface area contributed by atoms with Gasteiger partial charge in [0.2, 0.25) is 5.82 Å². The monoisotopic (exact) mass is 337 g/mol. The van der Waals surface area contributed by atoms with Crippen LogP contribution >= 0.6 is 0 Å². The van der Waals surface area contributed by atoms with E-state index >= 15 is 0 Å². The van der Waals surface area contributed by atoms with Crippen LogP contribution in [-0.4, -0.2) is 20.7 Å². The number of ether oxygens (including phenoxy) is 1. The highest BCUT2D eigenvalue weighted by Crippen LogP contribution is 2.38. The first-order valence-corrected chi connectivity index (χ1v) is 8.37. The van der Waals surface area contributed by atoms with Crippen LogP contribution in [0.1, 0.15) is 46.5 Å². The summed E-state index contributed by atoms with van der Waals surface area (Å²) in [7, 11) is 0. The lowest BCUT2D eigenvalue weighted by molar-refractivity contribution is 0.0429. The quantitative estimate of drug-likeness (QED) is 0.661. The number of hydrogen-bond donors (Lipinski definition) is 0. The third-order valence-corrected chi connectivity index (χ3v) is 4.44. The molecule has 4 rings (SSSR count). The van der Waals surface area contributed by atoms with Gasteiger partial charge in [0.05, 0.1) is 5.56 Å². The van der Waals surface area contributed by atoms with Gasteiger partial charge in [0, 0.05) is 23.0 Å². The van der Waals surface area contributed by atoms with E-state index in [1.165, 1.54) is 12.8 Å². The Bertz CT molecular complexity index is 907. The van der Waals surface area contributed by atoms with Gasteiger partial charge in [0.1, 0.15) is 0 Å². The van der Waals surface area contributed by atoms with E-state index in [1.54, 1.807) is 0 Å². The summed E-state index contributed by atoms with van der Waals surface area (Å²) in [4.78, 5) is 16.7. The molecule has 0 aliphatic heterocycles. The van der Waals surface area contributed by atoms with Crippen molar-refractivity contribution in [1.82, 2.24) is 14.7 Å². The molecule has 0 amide bonds. The normalized spacial score (nSPS) is 13.8. The molecule has 2 heterocycles. The third kappa shape index (κ3) is 3.07. The standard InChI is InChI=1S/C19H19N3O3/c1-12-10-16(13(2)22(12)15-8-9-15)19(23)24-11-17-20-18(21-25-17)14-6-4-3-5-7-14/h3-7,10,15H,8-9,11H2,1-2H3. The number of hydrogen-bond acceptors (Lipinski definition) is 5. The van der Waals surface area contributed by atoms with Crippen molar-refractivity contribution < 1.29 is 14.1 Å². The van der Waals surface area contributed by atoms with E-state index in [-0.39, 0.29) is 18.5 Å². The second-order valence-electron chi connectivity index (χ2n) is 6.34. The summed E-state index contributed by atoms with van der Waals surface area (Å²) in [5.41, 5.74) is 3.51. The van der Waals surface area contributed by atoms with Gasteiger partial charge in [-0.1, -0.05) is 35.5 Å². The summed E-state index contributed by atoms with van der Waals surface area (Å²) in [5.74, 6) is 0.404. The van der Waals surface area contributed by atoms with Gasteiger partial charge in [-0.25, -0.2) is 4.79 Å². The van der Waals surface area contributed by atoms with Crippen molar-refractivity contribution in [2.45, 2.75) is 39.3 Å². The Morgan fingerprint density at radius 3 is 2.76 bits per heavy atom. The van der Waals surface area contributed by atoms with Crippen LogP contribution in [0.3, 0.4) is 0 Å². The minimum Gasteiger partial charge on any atom is -0.452 e. The summed E-state index contributed by atoms with van der Waals surface area (Å²) >= 11 is 0. The number of carbonyl (C=O) groups is 1. The van der Waals surface area contributed by atoms with Crippen molar-refractivity contribution in [3.63, 3.8) is 0 Å². The molecule has 0 spiro atoms. The maximum atomic E-state index is 12.4. The highest BCUT2D eigenvalue weighted by Gasteiger charge is 2.28. The van der Waals surface area contributed by atoms with Crippen molar-refractivity contribution in [3.05, 3.63) is 59.2 Å². The van der Waals surface area contributed by atoms with Gasteiger partial charge in [0.15, 0.2) is 6.61 Å². The smallest absolute Gasteiger partial charge is 0.340 e. The van der Waals surface area contributed by atoms with E-state index in [9.17, 15) is 4.79 Å². The van der Waals surface area contributed by atoms with E-state index < -0.39 is 0 Å². The lowest BCUT2D eigenvalue weighted by Gasteiger charge is -2.07. The fourth-order valence-electron chi connectivity index (χ4n) is 3.10. The predicted molar refractivity (Wildman–Crippen MR) is 91.0 cm³/mol. The molecule has 6 nitrogen and oxygen atoms in total. The zero-order valence-electron chi connectivity index (χ0n) is 14.2. The Kier molecular flexibility index (Phi) is 3.87. The molecule has 0 atom stereocenters. The molecule has 0 bridgehead atoms. The molecule has 0 N–H and O–H groups in total. The first kappa shape index (κ1) is 15.6. The molecule has 0 saturated heterocycles. The largest absolute Gasteiger partial charge is 0.452 e. The van der Waals surface area contributed by atoms with Crippen LogP contribution in [0.15, 0.2) is 40.9 Å². The average Bonchev–Trinajstić information content (AvgIpc) is 3.25. The van der Waals surface area contributed by atoms with E-state index in [4.69, 9.17) is 9.26 Å². The molecule has 1 saturated carbocycles. The van der Waals surface area contributed by atoms with Gasteiger partial charge in [0.25, 0.3) is 5.89 Å². The molecular formula is C19H19N3O3. The molecule has 1 aliphatic carbocycles. The van der Waals surface area contributed by atoms with E-state index in [0.717, 1.165) is 17.0 Å². The number of nitrogens with zero attached hydrogens (tertiary/aromatic N) is 3. The zero-order valence-corrected chi connectivity index (χ0v) is 14.2. The Balaban J connectivity index is 1.44. The van der Waals surface area contributed by atoms with E-state index in [0.29, 0.717) is 17.4 Å². The van der Waals surface area contributed by atoms with Crippen molar-refractivity contribution in [2.75, 3.05) is 0 Å². The van der Waals surface area contributed by atoms with Gasteiger partial charge in [-0.05, 0) is 32.8 Å². The number of carbonyl (C=O) groups excluding carboxylic acids is 1. The van der Waals surface area contributed by atoms with Gasteiger partial charge in [-0.3, -0.25) is 0 Å². The third-order valence-electron chi connectivity index (χ3n) is 4.44. The minimum atomic E-state index is -0.362. The number of esters is 1. The molecule has 0 unspecified atom stereocenters. The van der Waals surface area contributed by atoms with Gasteiger partial charge in [-0.15, -0.1) is 0 Å². The number of aromatic nitrogens is 3. The van der Waals surface area contributed by atoms with Crippen molar-refractivity contribution in [2.24, 2.45) is 0 Å². The summed E-state index contributed by atoms with van der Waals surface area (Å²) in [6.45, 7) is 3.94. The second-order valence-corrected chi connectivity index (χ2v) is 6.34. The Labute approximate surface area is 145 Å². The maximum absolute atomic E-state index is 12.4. The number of aryl methyl sites for hydroxylation is 1. The molecule has 1 fully saturated rings. The summed E-state index contributed by atoms with van der Waals surface area (Å²) in [6, 6.07) is 11.9. The molecule has 1 aromatic carbocycles. The highest BCUT2D eigenvalue weighted by molar-refractivity contribution is 5.91. The van der Waals surface area contributed by atoms with E-state index in [1.807, 2.05) is 50.2 Å². The van der Waals surface area contributed by atoms with Crippen LogP contribution in [-0.2, 0) is 11.3 Å². The van der Waals surface area contributed by atoms with Crippen molar-refractivity contribution in [1.29, 1.82) is 0 Å². The molecule has 128 valence electrons. The lowest BCUT2D eigenvalue weighted by Crippen LogP contribution is -2.07. The van der Waals surface area contributed by atoms with Crippen LogP contribution in [0, 0.1) is 13.8 Å². The van der Waals surface area contributed by atoms with Crippen LogP contribution in [0.25, 0.3) is 11.4 Å². The highest BCUT2D eigenvalue weighted by atomic mass is 16.6. The Morgan fingerprint density at radius 1 is 1.28 bits per heavy atom. The molecule has 6 heteroatoms. The molecule has 0 radical (unpaired) electrons. The van der Waals surface area contributed by atoms with Crippen LogP contribution in [0.2, 0.25) is 0 Å². The molecule has 2 aromatic heterocycles. The summed E-state index contributed by atoms with van der Waals surface area (Å²) in [6.07, 6.45) is 2.35. The van der Waals surface area contributed by atoms with Crippen LogP contribution < -0.4 is 0 Å². The fourth-order valence-corrected chi connectivity index (χ4v) is 3.10. The summed E-state index contributed by atoms with van der Waals surface area (Å²) in [5, 5.41) is 3.92. The van der Waals surface area contributed by atoms with Crippen LogP contribution in [0.5, 0.6) is 0 Å². The maximum Gasteiger partial charge on any atom is 0.340 e. The zero-order chi connectivity index (χ0) is 17.4. The summed E-state index contributed by atoms with van der Waals surface area (Å²) < 4.78 is 12.8. The topological polar surface area (TPSA) is 70.2 Å². The van der Waals surface area contributed by atoms with Gasteiger partial charge in [-0.2, -0.15) is 4.98 Å². The molecule has 25 heavy (non-hydrogen) atoms. The molecule has 3 aromatic rings. The average molecular weight is 337 g/mol. The van der Waals surface area contributed by atoms with Crippen molar-refractivity contribution >= 4 is 5.97 Å². The number of rotatable bonds is 5. The van der Waals surface area contributed by atoms with E-state index in [2.05, 4.69) is 14.7 Å². The molecule has 1 aliphatic rings. The second kappa shape index (κ2) is 6.20. The number of benzene rings is 1. The van der Waals surface area contributed by atoms with Gasteiger partial charge < -0.3 is 13.8 Å². The fraction of sp³-hybridized carbons (Fsp3) is 0.316.